The third-order valence-corrected chi connectivity index (χ3v) is 3.57. The molecular weight excluding hydrogens is 190 g/mol. The quantitative estimate of drug-likeness (QED) is 0.593. The van der Waals surface area contributed by atoms with Gasteiger partial charge in [-0.15, -0.1) is 0 Å². The molecule has 4 nitrogen and oxygen atoms in total. The van der Waals surface area contributed by atoms with Crippen molar-refractivity contribution in [1.82, 2.24) is 14.7 Å². The molecule has 2 aliphatic rings. The molecule has 0 bridgehead atoms. The Morgan fingerprint density at radius 3 is 2.73 bits per heavy atom. The van der Waals surface area contributed by atoms with Crippen LogP contribution in [-0.4, -0.2) is 66.5 Å². The third kappa shape index (κ3) is 1.95. The molecule has 2 rings (SSSR count). The Bertz CT molecular complexity index is 254. The standard InChI is InChI=1S/C11H21N3O/c1-9-7-13-6-4-5-10(13)8-14(9)11(15)12(2)3/h9-10H,4-8H2,1-3H3. The van der Waals surface area contributed by atoms with Crippen LogP contribution in [-0.2, 0) is 0 Å². The van der Waals surface area contributed by atoms with Crippen molar-refractivity contribution in [2.75, 3.05) is 33.7 Å². The molecule has 0 aromatic heterocycles. The van der Waals surface area contributed by atoms with E-state index in [0.717, 1.165) is 13.1 Å². The normalized spacial score (nSPS) is 31.5. The molecule has 2 atom stereocenters. The number of urea groups is 1. The van der Waals surface area contributed by atoms with Crippen LogP contribution < -0.4 is 0 Å². The van der Waals surface area contributed by atoms with Gasteiger partial charge in [0, 0.05) is 39.3 Å². The van der Waals surface area contributed by atoms with Crippen LogP contribution in [0, 0.1) is 0 Å². The fourth-order valence-corrected chi connectivity index (χ4v) is 2.71. The van der Waals surface area contributed by atoms with E-state index in [9.17, 15) is 4.79 Å². The van der Waals surface area contributed by atoms with E-state index in [0.29, 0.717) is 12.1 Å². The Balaban J connectivity index is 2.04. The van der Waals surface area contributed by atoms with Crippen molar-refractivity contribution < 1.29 is 4.79 Å². The fraction of sp³-hybridized carbons (Fsp3) is 0.909. The van der Waals surface area contributed by atoms with Crippen molar-refractivity contribution in [2.24, 2.45) is 0 Å². The summed E-state index contributed by atoms with van der Waals surface area (Å²) in [6.07, 6.45) is 2.55. The van der Waals surface area contributed by atoms with E-state index >= 15 is 0 Å². The van der Waals surface area contributed by atoms with E-state index in [1.807, 2.05) is 19.0 Å². The molecule has 0 spiro atoms. The number of rotatable bonds is 0. The second-order valence-corrected chi connectivity index (χ2v) is 4.97. The lowest BCUT2D eigenvalue weighted by Crippen LogP contribution is -2.58. The van der Waals surface area contributed by atoms with E-state index in [1.54, 1.807) is 4.90 Å². The first kappa shape index (κ1) is 10.7. The van der Waals surface area contributed by atoms with Gasteiger partial charge in [-0.1, -0.05) is 0 Å². The van der Waals surface area contributed by atoms with Crippen LogP contribution in [0.1, 0.15) is 19.8 Å². The Kier molecular flexibility index (Phi) is 2.87. The number of hydrogen-bond donors (Lipinski definition) is 0. The molecule has 0 aromatic rings. The molecule has 0 aromatic carbocycles. The minimum Gasteiger partial charge on any atom is -0.331 e. The van der Waals surface area contributed by atoms with E-state index < -0.39 is 0 Å². The molecule has 2 fully saturated rings. The lowest BCUT2D eigenvalue weighted by atomic mass is 10.1. The second-order valence-electron chi connectivity index (χ2n) is 4.97. The van der Waals surface area contributed by atoms with Crippen LogP contribution in [0.4, 0.5) is 4.79 Å². The van der Waals surface area contributed by atoms with Gasteiger partial charge in [0.25, 0.3) is 0 Å². The maximum Gasteiger partial charge on any atom is 0.319 e. The molecule has 2 amide bonds. The predicted molar refractivity (Wildman–Crippen MR) is 59.8 cm³/mol. The Morgan fingerprint density at radius 1 is 1.33 bits per heavy atom. The van der Waals surface area contributed by atoms with Gasteiger partial charge in [0.2, 0.25) is 0 Å². The number of piperazine rings is 1. The third-order valence-electron chi connectivity index (χ3n) is 3.57. The van der Waals surface area contributed by atoms with Crippen LogP contribution >= 0.6 is 0 Å². The Hall–Kier alpha value is -0.770. The van der Waals surface area contributed by atoms with Gasteiger partial charge in [-0.05, 0) is 26.3 Å². The molecule has 0 radical (unpaired) electrons. The number of hydrogen-bond acceptors (Lipinski definition) is 2. The molecule has 0 aliphatic carbocycles. The smallest absolute Gasteiger partial charge is 0.319 e. The van der Waals surface area contributed by atoms with Crippen molar-refractivity contribution in [3.8, 4) is 0 Å². The van der Waals surface area contributed by atoms with Gasteiger partial charge < -0.3 is 9.80 Å². The maximum atomic E-state index is 11.9. The molecule has 2 saturated heterocycles. The zero-order valence-corrected chi connectivity index (χ0v) is 9.94. The molecule has 0 saturated carbocycles. The van der Waals surface area contributed by atoms with Crippen LogP contribution in [0.15, 0.2) is 0 Å². The van der Waals surface area contributed by atoms with Gasteiger partial charge in [-0.2, -0.15) is 0 Å². The number of carbonyl (C=O) groups is 1. The van der Waals surface area contributed by atoms with Crippen LogP contribution in [0.3, 0.4) is 0 Å². The topological polar surface area (TPSA) is 26.8 Å². The van der Waals surface area contributed by atoms with Crippen molar-refractivity contribution in [1.29, 1.82) is 0 Å². The molecule has 4 heteroatoms. The minimum atomic E-state index is 0.161. The average molecular weight is 211 g/mol. The summed E-state index contributed by atoms with van der Waals surface area (Å²) in [6, 6.07) is 1.13. The Morgan fingerprint density at radius 2 is 2.07 bits per heavy atom. The average Bonchev–Trinajstić information content (AvgIpc) is 2.62. The van der Waals surface area contributed by atoms with Crippen LogP contribution in [0.25, 0.3) is 0 Å². The molecule has 15 heavy (non-hydrogen) atoms. The summed E-state index contributed by atoms with van der Waals surface area (Å²) in [5, 5.41) is 0. The van der Waals surface area contributed by atoms with Gasteiger partial charge in [-0.3, -0.25) is 4.90 Å². The van der Waals surface area contributed by atoms with Crippen molar-refractivity contribution in [3.05, 3.63) is 0 Å². The van der Waals surface area contributed by atoms with Gasteiger partial charge in [-0.25, -0.2) is 4.79 Å². The van der Waals surface area contributed by atoms with Crippen LogP contribution in [0.5, 0.6) is 0 Å². The zero-order chi connectivity index (χ0) is 11.0. The zero-order valence-electron chi connectivity index (χ0n) is 9.94. The first-order valence-electron chi connectivity index (χ1n) is 5.81. The molecule has 2 aliphatic heterocycles. The van der Waals surface area contributed by atoms with Crippen LogP contribution in [0.2, 0.25) is 0 Å². The first-order chi connectivity index (χ1) is 7.09. The highest BCUT2D eigenvalue weighted by Crippen LogP contribution is 2.24. The first-order valence-corrected chi connectivity index (χ1v) is 5.81. The summed E-state index contributed by atoms with van der Waals surface area (Å²) in [7, 11) is 3.66. The van der Waals surface area contributed by atoms with Crippen molar-refractivity contribution in [3.63, 3.8) is 0 Å². The fourth-order valence-electron chi connectivity index (χ4n) is 2.71. The number of amides is 2. The molecule has 0 N–H and O–H groups in total. The minimum absolute atomic E-state index is 0.161. The summed E-state index contributed by atoms with van der Waals surface area (Å²) in [5.41, 5.74) is 0. The summed E-state index contributed by atoms with van der Waals surface area (Å²) >= 11 is 0. The van der Waals surface area contributed by atoms with E-state index in [4.69, 9.17) is 0 Å². The number of fused-ring (bicyclic) bond motifs is 1. The monoisotopic (exact) mass is 211 g/mol. The van der Waals surface area contributed by atoms with Gasteiger partial charge in [0.05, 0.1) is 0 Å². The predicted octanol–water partition coefficient (Wildman–Crippen LogP) is 0.837. The molecule has 2 unspecified atom stereocenters. The highest BCUT2D eigenvalue weighted by atomic mass is 16.2. The van der Waals surface area contributed by atoms with E-state index in [1.165, 1.54) is 19.4 Å². The lowest BCUT2D eigenvalue weighted by Gasteiger charge is -2.43. The molecule has 86 valence electrons. The van der Waals surface area contributed by atoms with Gasteiger partial charge in [0.1, 0.15) is 0 Å². The van der Waals surface area contributed by atoms with E-state index in [-0.39, 0.29) is 6.03 Å². The second kappa shape index (κ2) is 4.00. The SMILES string of the molecule is CC1CN2CCCC2CN1C(=O)N(C)C. The number of nitrogens with zero attached hydrogens (tertiary/aromatic N) is 3. The van der Waals surface area contributed by atoms with Gasteiger partial charge in [0.15, 0.2) is 0 Å². The van der Waals surface area contributed by atoms with Gasteiger partial charge >= 0.3 is 6.03 Å². The van der Waals surface area contributed by atoms with E-state index in [2.05, 4.69) is 11.8 Å². The summed E-state index contributed by atoms with van der Waals surface area (Å²) in [6.45, 7) is 5.33. The number of carbonyl (C=O) groups excluding carboxylic acids is 1. The maximum absolute atomic E-state index is 11.9. The molecular formula is C11H21N3O. The highest BCUT2D eigenvalue weighted by Gasteiger charge is 2.36. The Labute approximate surface area is 91.8 Å². The van der Waals surface area contributed by atoms with Crippen molar-refractivity contribution in [2.45, 2.75) is 31.8 Å². The lowest BCUT2D eigenvalue weighted by molar-refractivity contribution is 0.0694. The summed E-state index contributed by atoms with van der Waals surface area (Å²) in [4.78, 5) is 18.2. The summed E-state index contributed by atoms with van der Waals surface area (Å²) < 4.78 is 0. The molecule has 2 heterocycles. The largest absolute Gasteiger partial charge is 0.331 e. The summed E-state index contributed by atoms with van der Waals surface area (Å²) in [5.74, 6) is 0. The van der Waals surface area contributed by atoms with Crippen molar-refractivity contribution >= 4 is 6.03 Å². The highest BCUT2D eigenvalue weighted by molar-refractivity contribution is 5.74.